The highest BCUT2D eigenvalue weighted by molar-refractivity contribution is 5.78. The van der Waals surface area contributed by atoms with Crippen molar-refractivity contribution in [1.29, 1.82) is 0 Å². The number of carbonyl (C=O) groups excluding carboxylic acids is 2. The summed E-state index contributed by atoms with van der Waals surface area (Å²) in [5.41, 5.74) is 0.0430. The van der Waals surface area contributed by atoms with Crippen LogP contribution in [0.2, 0.25) is 0 Å². The number of hydrogen-bond donors (Lipinski definition) is 1. The van der Waals surface area contributed by atoms with E-state index in [9.17, 15) is 18.4 Å². The molecule has 2 bridgehead atoms. The van der Waals surface area contributed by atoms with Crippen LogP contribution in [-0.2, 0) is 9.53 Å². The molecule has 7 nitrogen and oxygen atoms in total. The minimum Gasteiger partial charge on any atom is -0.493 e. The maximum absolute atomic E-state index is 14.0. The van der Waals surface area contributed by atoms with Gasteiger partial charge in [0.05, 0.1) is 12.1 Å². The summed E-state index contributed by atoms with van der Waals surface area (Å²) < 4.78 is 45.5. The van der Waals surface area contributed by atoms with Gasteiger partial charge in [-0.1, -0.05) is 12.1 Å². The number of carbonyl (C=O) groups is 2. The Labute approximate surface area is 228 Å². The van der Waals surface area contributed by atoms with Crippen molar-refractivity contribution in [2.24, 2.45) is 5.41 Å². The Kier molecular flexibility index (Phi) is 8.67. The van der Waals surface area contributed by atoms with Gasteiger partial charge in [-0.05, 0) is 83.1 Å². The number of rotatable bonds is 10. The number of nitrogens with zero attached hydrogens (tertiary/aromatic N) is 1. The Morgan fingerprint density at radius 2 is 1.49 bits per heavy atom. The fourth-order valence-electron chi connectivity index (χ4n) is 5.61. The number of fused-ring (bicyclic) bond motifs is 3. The Balaban J connectivity index is 1.46. The van der Waals surface area contributed by atoms with E-state index in [2.05, 4.69) is 5.32 Å². The number of aryl methyl sites for hydroxylation is 2. The van der Waals surface area contributed by atoms with Gasteiger partial charge in [-0.3, -0.25) is 4.79 Å². The summed E-state index contributed by atoms with van der Waals surface area (Å²) in [5, 5.41) is 3.11. The molecule has 212 valence electrons. The van der Waals surface area contributed by atoms with E-state index in [1.54, 1.807) is 43.0 Å². The van der Waals surface area contributed by atoms with E-state index in [-0.39, 0.29) is 29.5 Å². The third kappa shape index (κ3) is 6.45. The lowest BCUT2D eigenvalue weighted by Crippen LogP contribution is -2.67. The Morgan fingerprint density at radius 3 is 2.03 bits per heavy atom. The number of ether oxygens (including phenoxy) is 3. The molecule has 1 unspecified atom stereocenters. The molecule has 5 rings (SSSR count). The molecule has 3 aliphatic carbocycles. The first-order chi connectivity index (χ1) is 18.6. The molecule has 0 aliphatic heterocycles. The maximum Gasteiger partial charge on any atom is 0.410 e. The lowest BCUT2D eigenvalue weighted by molar-refractivity contribution is -0.138. The van der Waals surface area contributed by atoms with Crippen LogP contribution in [0.4, 0.5) is 13.6 Å². The molecule has 0 aromatic heterocycles. The molecule has 3 saturated carbocycles. The number of benzene rings is 2. The van der Waals surface area contributed by atoms with Crippen molar-refractivity contribution in [2.75, 3.05) is 26.3 Å². The molecule has 1 atom stereocenters. The van der Waals surface area contributed by atoms with E-state index in [1.807, 2.05) is 13.8 Å². The molecule has 1 N–H and O–H groups in total. The predicted octanol–water partition coefficient (Wildman–Crippen LogP) is 5.71. The molecule has 3 fully saturated rings. The van der Waals surface area contributed by atoms with Crippen molar-refractivity contribution in [2.45, 2.75) is 71.4 Å². The number of amides is 2. The lowest BCUT2D eigenvalue weighted by atomic mass is 9.56. The Hall–Kier alpha value is -3.36. The first kappa shape index (κ1) is 28.6. The smallest absolute Gasteiger partial charge is 0.410 e. The standard InChI is InChI=1S/C30H38F2N2O5/c1-5-34(6-2)28(36)39-26-17-29(19-38-23-10-8-21(4)25(32)16-23)11-13-30(26,14-12-29)33-27(35)18-37-22-9-7-20(3)24(31)15-22/h7-10,15-16,26H,5-6,11-14,17-19H2,1-4H3,(H,33,35). The largest absolute Gasteiger partial charge is 0.493 e. The van der Waals surface area contributed by atoms with Crippen molar-refractivity contribution in [3.8, 4) is 11.5 Å². The Morgan fingerprint density at radius 1 is 0.923 bits per heavy atom. The summed E-state index contributed by atoms with van der Waals surface area (Å²) >= 11 is 0. The lowest BCUT2D eigenvalue weighted by Gasteiger charge is -2.56. The third-order valence-electron chi connectivity index (χ3n) is 8.29. The number of halogens is 2. The molecule has 2 aromatic carbocycles. The molecule has 9 heteroatoms. The molecule has 2 aromatic rings. The van der Waals surface area contributed by atoms with Crippen LogP contribution in [0.25, 0.3) is 0 Å². The zero-order valence-corrected chi connectivity index (χ0v) is 23.1. The highest BCUT2D eigenvalue weighted by Gasteiger charge is 2.57. The van der Waals surface area contributed by atoms with Gasteiger partial charge in [-0.25, -0.2) is 13.6 Å². The number of nitrogens with one attached hydrogen (secondary N) is 1. The van der Waals surface area contributed by atoms with Gasteiger partial charge in [0.25, 0.3) is 5.91 Å². The molecule has 0 spiro atoms. The zero-order chi connectivity index (χ0) is 28.2. The van der Waals surface area contributed by atoms with Crippen LogP contribution < -0.4 is 14.8 Å². The molecule has 0 heterocycles. The fraction of sp³-hybridized carbons (Fsp3) is 0.533. The van der Waals surface area contributed by atoms with E-state index in [4.69, 9.17) is 14.2 Å². The minimum atomic E-state index is -0.737. The topological polar surface area (TPSA) is 77.1 Å². The molecular formula is C30H38F2N2O5. The van der Waals surface area contributed by atoms with E-state index < -0.39 is 23.6 Å². The van der Waals surface area contributed by atoms with Crippen molar-refractivity contribution in [3.63, 3.8) is 0 Å². The van der Waals surface area contributed by atoms with E-state index >= 15 is 0 Å². The molecule has 2 amide bonds. The maximum atomic E-state index is 14.0. The van der Waals surface area contributed by atoms with Gasteiger partial charge in [0.2, 0.25) is 0 Å². The number of hydrogen-bond acceptors (Lipinski definition) is 5. The summed E-state index contributed by atoms with van der Waals surface area (Å²) in [4.78, 5) is 27.6. The van der Waals surface area contributed by atoms with Crippen LogP contribution in [0.5, 0.6) is 11.5 Å². The second kappa shape index (κ2) is 11.8. The normalized spacial score (nSPS) is 23.7. The quantitative estimate of drug-likeness (QED) is 0.415. The van der Waals surface area contributed by atoms with Crippen LogP contribution in [0.1, 0.15) is 57.1 Å². The van der Waals surface area contributed by atoms with Crippen molar-refractivity contribution < 1.29 is 32.6 Å². The second-order valence-corrected chi connectivity index (χ2v) is 10.9. The van der Waals surface area contributed by atoms with Crippen LogP contribution in [0.3, 0.4) is 0 Å². The van der Waals surface area contributed by atoms with Crippen LogP contribution in [0.15, 0.2) is 36.4 Å². The summed E-state index contributed by atoms with van der Waals surface area (Å²) in [6.07, 6.45) is 2.23. The minimum absolute atomic E-state index is 0.266. The highest BCUT2D eigenvalue weighted by atomic mass is 19.1. The SMILES string of the molecule is CCN(CC)C(=O)OC1CC2(COc3ccc(C)c(F)c3)CCC1(NC(=O)COc1ccc(C)c(F)c1)CC2. The summed E-state index contributed by atoms with van der Waals surface area (Å²) in [7, 11) is 0. The first-order valence-electron chi connectivity index (χ1n) is 13.6. The summed E-state index contributed by atoms with van der Waals surface area (Å²) in [5.74, 6) is -0.349. The molecule has 3 aliphatic rings. The molecular weight excluding hydrogens is 506 g/mol. The monoisotopic (exact) mass is 544 g/mol. The van der Waals surface area contributed by atoms with Gasteiger partial charge in [0.1, 0.15) is 29.2 Å². The van der Waals surface area contributed by atoms with E-state index in [1.165, 1.54) is 12.1 Å². The predicted molar refractivity (Wildman–Crippen MR) is 143 cm³/mol. The van der Waals surface area contributed by atoms with Gasteiger partial charge in [0, 0.05) is 30.6 Å². The molecule has 0 saturated heterocycles. The molecule has 0 radical (unpaired) electrons. The third-order valence-corrected chi connectivity index (χ3v) is 8.29. The molecule has 39 heavy (non-hydrogen) atoms. The summed E-state index contributed by atoms with van der Waals surface area (Å²) in [6.45, 7) is 8.22. The van der Waals surface area contributed by atoms with Gasteiger partial charge >= 0.3 is 6.09 Å². The van der Waals surface area contributed by atoms with Crippen LogP contribution in [-0.4, -0.2) is 54.8 Å². The van der Waals surface area contributed by atoms with E-state index in [0.717, 1.165) is 12.8 Å². The highest BCUT2D eigenvalue weighted by Crippen LogP contribution is 2.53. The van der Waals surface area contributed by atoms with Gasteiger partial charge < -0.3 is 24.4 Å². The van der Waals surface area contributed by atoms with Crippen LogP contribution in [0, 0.1) is 30.9 Å². The van der Waals surface area contributed by atoms with Crippen molar-refractivity contribution >= 4 is 12.0 Å². The average Bonchev–Trinajstić information content (AvgIpc) is 2.92. The van der Waals surface area contributed by atoms with Gasteiger partial charge in [-0.2, -0.15) is 0 Å². The van der Waals surface area contributed by atoms with Crippen molar-refractivity contribution in [3.05, 3.63) is 59.2 Å². The van der Waals surface area contributed by atoms with E-state index in [0.29, 0.717) is 55.8 Å². The second-order valence-electron chi connectivity index (χ2n) is 10.9. The summed E-state index contributed by atoms with van der Waals surface area (Å²) in [6, 6.07) is 9.30. The van der Waals surface area contributed by atoms with Crippen molar-refractivity contribution in [1.82, 2.24) is 10.2 Å². The Bertz CT molecular complexity index is 1190. The zero-order valence-electron chi connectivity index (χ0n) is 23.1. The first-order valence-corrected chi connectivity index (χ1v) is 13.6. The van der Waals surface area contributed by atoms with Crippen LogP contribution >= 0.6 is 0 Å². The average molecular weight is 545 g/mol. The van der Waals surface area contributed by atoms with Gasteiger partial charge in [-0.15, -0.1) is 0 Å². The fourth-order valence-corrected chi connectivity index (χ4v) is 5.61. The van der Waals surface area contributed by atoms with Gasteiger partial charge in [0.15, 0.2) is 6.61 Å².